The lowest BCUT2D eigenvalue weighted by Crippen LogP contribution is -2.39. The molecule has 31 heavy (non-hydrogen) atoms. The molecule has 1 aromatic carbocycles. The van der Waals surface area contributed by atoms with Gasteiger partial charge < -0.3 is 15.1 Å². The maximum absolute atomic E-state index is 12.8. The third kappa shape index (κ3) is 4.58. The Morgan fingerprint density at radius 3 is 2.45 bits per heavy atom. The summed E-state index contributed by atoms with van der Waals surface area (Å²) in [6, 6.07) is 7.56. The van der Waals surface area contributed by atoms with E-state index in [9.17, 15) is 14.4 Å². The zero-order valence-corrected chi connectivity index (χ0v) is 18.4. The zero-order valence-electron chi connectivity index (χ0n) is 17.6. The van der Waals surface area contributed by atoms with Crippen LogP contribution in [0.15, 0.2) is 36.7 Å². The quantitative estimate of drug-likeness (QED) is 0.785. The van der Waals surface area contributed by atoms with Crippen LogP contribution >= 0.6 is 11.6 Å². The Hall–Kier alpha value is -2.87. The number of likely N-dealkylation sites (tertiary alicyclic amines) is 1. The fourth-order valence-electron chi connectivity index (χ4n) is 4.83. The Balaban J connectivity index is 1.38. The van der Waals surface area contributed by atoms with Crippen LogP contribution in [-0.2, 0) is 16.1 Å². The molecule has 0 bridgehead atoms. The topological polar surface area (TPSA) is 87.5 Å². The van der Waals surface area contributed by atoms with Gasteiger partial charge in [-0.2, -0.15) is 9.78 Å². The number of nitrogens with one attached hydrogen (secondary N) is 1. The number of halogens is 1. The highest BCUT2D eigenvalue weighted by Gasteiger charge is 2.45. The molecule has 9 heteroatoms. The third-order valence-electron chi connectivity index (χ3n) is 6.24. The average molecular weight is 444 g/mol. The molecule has 2 unspecified atom stereocenters. The largest absolute Gasteiger partial charge is 0.344 e. The monoisotopic (exact) mass is 443 g/mol. The second-order valence-corrected chi connectivity index (χ2v) is 8.83. The van der Waals surface area contributed by atoms with Gasteiger partial charge in [0.25, 0.3) is 0 Å². The van der Waals surface area contributed by atoms with E-state index >= 15 is 0 Å². The lowest BCUT2D eigenvalue weighted by molar-refractivity contribution is -0.131. The van der Waals surface area contributed by atoms with E-state index in [2.05, 4.69) is 10.4 Å². The molecule has 1 N–H and O–H groups in total. The van der Waals surface area contributed by atoms with Gasteiger partial charge in [0.05, 0.1) is 18.1 Å². The first-order valence-electron chi connectivity index (χ1n) is 10.4. The van der Waals surface area contributed by atoms with E-state index in [1.165, 1.54) is 24.0 Å². The molecule has 1 aromatic heterocycles. The van der Waals surface area contributed by atoms with Crippen molar-refractivity contribution in [1.29, 1.82) is 0 Å². The van der Waals surface area contributed by atoms with Crippen molar-refractivity contribution in [2.75, 3.05) is 18.4 Å². The molecule has 2 heterocycles. The molecule has 2 aliphatic rings. The summed E-state index contributed by atoms with van der Waals surface area (Å²) in [5.41, 5.74) is 1.44. The number of benzene rings is 1. The van der Waals surface area contributed by atoms with Gasteiger partial charge in [-0.15, -0.1) is 0 Å². The van der Waals surface area contributed by atoms with Crippen molar-refractivity contribution in [2.24, 2.45) is 11.8 Å². The van der Waals surface area contributed by atoms with Gasteiger partial charge in [-0.05, 0) is 36.3 Å². The second kappa shape index (κ2) is 8.70. The van der Waals surface area contributed by atoms with E-state index in [0.717, 1.165) is 18.4 Å². The lowest BCUT2D eigenvalue weighted by Gasteiger charge is -2.30. The number of carbonyl (C=O) groups is 3. The van der Waals surface area contributed by atoms with E-state index in [0.29, 0.717) is 42.2 Å². The smallest absolute Gasteiger partial charge is 0.336 e. The number of amides is 3. The van der Waals surface area contributed by atoms with Crippen LogP contribution in [0.3, 0.4) is 0 Å². The fourth-order valence-corrected chi connectivity index (χ4v) is 5.02. The van der Waals surface area contributed by atoms with Gasteiger partial charge in [0, 0.05) is 44.5 Å². The number of hydrogen-bond acceptors (Lipinski definition) is 4. The summed E-state index contributed by atoms with van der Waals surface area (Å²) in [5, 5.41) is 7.37. The standard InChI is InChI=1S/C22H26ClN5O3/c1-14(29)25-19-9-24-28(13-19)22(31)26-10-17-7-20(8-18(17)11-26)27(15(2)30)12-16-5-3-4-6-21(16)23/h3-6,9,13,17-18,20H,7-8,10-12H2,1-2H3,(H,25,29). The molecule has 4 rings (SSSR count). The Morgan fingerprint density at radius 2 is 1.84 bits per heavy atom. The van der Waals surface area contributed by atoms with E-state index < -0.39 is 0 Å². The molecule has 1 saturated heterocycles. The van der Waals surface area contributed by atoms with Crippen LogP contribution in [0.2, 0.25) is 5.02 Å². The predicted octanol–water partition coefficient (Wildman–Crippen LogP) is 3.22. The number of anilines is 1. The Bertz CT molecular complexity index is 993. The van der Waals surface area contributed by atoms with Gasteiger partial charge in [0.15, 0.2) is 0 Å². The molecule has 2 fully saturated rings. The molecule has 1 aliphatic carbocycles. The van der Waals surface area contributed by atoms with Crippen molar-refractivity contribution < 1.29 is 14.4 Å². The molecule has 1 aliphatic heterocycles. The number of rotatable bonds is 4. The molecular formula is C22H26ClN5O3. The minimum absolute atomic E-state index is 0.0415. The van der Waals surface area contributed by atoms with Crippen molar-refractivity contribution in [3.63, 3.8) is 0 Å². The van der Waals surface area contributed by atoms with Crippen molar-refractivity contribution in [2.45, 2.75) is 39.3 Å². The van der Waals surface area contributed by atoms with Crippen molar-refractivity contribution >= 4 is 35.1 Å². The van der Waals surface area contributed by atoms with Crippen LogP contribution in [0.25, 0.3) is 0 Å². The predicted molar refractivity (Wildman–Crippen MR) is 117 cm³/mol. The average Bonchev–Trinajstić information content (AvgIpc) is 3.41. The molecule has 0 spiro atoms. The summed E-state index contributed by atoms with van der Waals surface area (Å²) in [6.45, 7) is 4.81. The highest BCUT2D eigenvalue weighted by Crippen LogP contribution is 2.41. The minimum atomic E-state index is -0.208. The first-order valence-corrected chi connectivity index (χ1v) is 10.8. The molecular weight excluding hydrogens is 418 g/mol. The Kier molecular flexibility index (Phi) is 6.00. The van der Waals surface area contributed by atoms with Gasteiger partial charge in [0.2, 0.25) is 11.8 Å². The molecule has 2 atom stereocenters. The van der Waals surface area contributed by atoms with Crippen molar-refractivity contribution in [3.05, 3.63) is 47.2 Å². The number of carbonyl (C=O) groups excluding carboxylic acids is 3. The molecule has 2 aromatic rings. The van der Waals surface area contributed by atoms with Crippen LogP contribution in [-0.4, -0.2) is 56.6 Å². The van der Waals surface area contributed by atoms with E-state index in [1.54, 1.807) is 6.92 Å². The maximum atomic E-state index is 12.8. The Labute approximate surface area is 186 Å². The van der Waals surface area contributed by atoms with Crippen LogP contribution in [0.5, 0.6) is 0 Å². The highest BCUT2D eigenvalue weighted by molar-refractivity contribution is 6.31. The number of nitrogens with zero attached hydrogens (tertiary/aromatic N) is 4. The number of fused-ring (bicyclic) bond motifs is 1. The zero-order chi connectivity index (χ0) is 22.1. The number of aromatic nitrogens is 2. The summed E-state index contributed by atoms with van der Waals surface area (Å²) in [6.07, 6.45) is 4.73. The Morgan fingerprint density at radius 1 is 1.16 bits per heavy atom. The van der Waals surface area contributed by atoms with Gasteiger partial charge in [-0.3, -0.25) is 9.59 Å². The van der Waals surface area contributed by atoms with Crippen LogP contribution in [0, 0.1) is 11.8 Å². The molecule has 8 nitrogen and oxygen atoms in total. The summed E-state index contributed by atoms with van der Waals surface area (Å²) in [4.78, 5) is 40.1. The normalized spacial score (nSPS) is 22.3. The highest BCUT2D eigenvalue weighted by atomic mass is 35.5. The summed E-state index contributed by atoms with van der Waals surface area (Å²) in [5.74, 6) is 0.542. The minimum Gasteiger partial charge on any atom is -0.336 e. The first kappa shape index (κ1) is 21.4. The van der Waals surface area contributed by atoms with Crippen LogP contribution in [0.1, 0.15) is 32.3 Å². The van der Waals surface area contributed by atoms with E-state index in [1.807, 2.05) is 34.1 Å². The summed E-state index contributed by atoms with van der Waals surface area (Å²) >= 11 is 6.30. The number of hydrogen-bond donors (Lipinski definition) is 1. The second-order valence-electron chi connectivity index (χ2n) is 8.43. The molecule has 1 saturated carbocycles. The molecule has 0 radical (unpaired) electrons. The van der Waals surface area contributed by atoms with Gasteiger partial charge in [-0.25, -0.2) is 4.79 Å². The van der Waals surface area contributed by atoms with Gasteiger partial charge >= 0.3 is 6.03 Å². The fraction of sp³-hybridized carbons (Fsp3) is 0.455. The van der Waals surface area contributed by atoms with Gasteiger partial charge in [-0.1, -0.05) is 29.8 Å². The summed E-state index contributed by atoms with van der Waals surface area (Å²) in [7, 11) is 0. The lowest BCUT2D eigenvalue weighted by atomic mass is 10.0. The van der Waals surface area contributed by atoms with Crippen molar-refractivity contribution in [3.8, 4) is 0 Å². The van der Waals surface area contributed by atoms with E-state index in [4.69, 9.17) is 11.6 Å². The van der Waals surface area contributed by atoms with Crippen LogP contribution < -0.4 is 5.32 Å². The van der Waals surface area contributed by atoms with E-state index in [-0.39, 0.29) is 23.9 Å². The molecule has 164 valence electrons. The third-order valence-corrected chi connectivity index (χ3v) is 6.61. The van der Waals surface area contributed by atoms with Crippen molar-refractivity contribution in [1.82, 2.24) is 19.6 Å². The van der Waals surface area contributed by atoms with Gasteiger partial charge in [0.1, 0.15) is 0 Å². The first-order chi connectivity index (χ1) is 14.8. The molecule has 3 amide bonds. The SMILES string of the molecule is CC(=O)Nc1cnn(C(=O)N2CC3CC(N(Cc4ccccc4Cl)C(C)=O)CC3C2)c1. The summed E-state index contributed by atoms with van der Waals surface area (Å²) < 4.78 is 1.27. The van der Waals surface area contributed by atoms with Crippen LogP contribution in [0.4, 0.5) is 10.5 Å². The maximum Gasteiger partial charge on any atom is 0.344 e.